The molecule has 0 radical (unpaired) electrons. The lowest BCUT2D eigenvalue weighted by molar-refractivity contribution is -0.116. The van der Waals surface area contributed by atoms with Crippen LogP contribution in [0.5, 0.6) is 0 Å². The van der Waals surface area contributed by atoms with E-state index in [2.05, 4.69) is 13.8 Å². The average Bonchev–Trinajstić information content (AvgIpc) is 2.60. The molecule has 4 rings (SSSR count). The number of alkyl halides is 1. The molecule has 0 aromatic rings. The molecule has 68 valence electrons. The van der Waals surface area contributed by atoms with Gasteiger partial charge in [-0.15, -0.1) is 11.6 Å². The summed E-state index contributed by atoms with van der Waals surface area (Å²) in [6, 6.07) is 0. The van der Waals surface area contributed by atoms with E-state index in [0.29, 0.717) is 16.2 Å². The number of fused-ring (bicyclic) bond motifs is 1. The molecule has 4 fully saturated rings. The van der Waals surface area contributed by atoms with Gasteiger partial charge in [-0.25, -0.2) is 0 Å². The molecule has 4 saturated carbocycles. The minimum absolute atomic E-state index is 0.531. The summed E-state index contributed by atoms with van der Waals surface area (Å²) in [5.74, 6) is 1.99. The first-order valence-electron chi connectivity index (χ1n) is 5.21. The minimum Gasteiger partial charge on any atom is -0.122 e. The molecule has 12 heavy (non-hydrogen) atoms. The normalized spacial score (nSPS) is 59.8. The molecular weight excluding hydrogens is 168 g/mol. The number of rotatable bonds is 0. The zero-order valence-electron chi connectivity index (χ0n) is 7.94. The number of hydrogen-bond acceptors (Lipinski definition) is 0. The first-order valence-corrected chi connectivity index (χ1v) is 5.65. The highest BCUT2D eigenvalue weighted by Crippen LogP contribution is 2.75. The first kappa shape index (κ1) is 7.67. The van der Waals surface area contributed by atoms with Gasteiger partial charge in [0.05, 0.1) is 0 Å². The van der Waals surface area contributed by atoms with Gasteiger partial charge >= 0.3 is 0 Å². The Morgan fingerprint density at radius 2 is 2.00 bits per heavy atom. The minimum atomic E-state index is 0.531. The molecule has 0 aromatic heterocycles. The highest BCUT2D eigenvalue weighted by Gasteiger charge is 2.69. The van der Waals surface area contributed by atoms with Gasteiger partial charge < -0.3 is 0 Å². The third kappa shape index (κ3) is 0.639. The van der Waals surface area contributed by atoms with Crippen molar-refractivity contribution in [3.05, 3.63) is 0 Å². The summed E-state index contributed by atoms with van der Waals surface area (Å²) >= 11 is 6.27. The summed E-state index contributed by atoms with van der Waals surface area (Å²) in [4.78, 5) is 0. The molecule has 0 aromatic carbocycles. The van der Waals surface area contributed by atoms with Gasteiger partial charge in [-0.2, -0.15) is 0 Å². The molecule has 0 aliphatic heterocycles. The second-order valence-corrected chi connectivity index (χ2v) is 6.28. The van der Waals surface area contributed by atoms with Gasteiger partial charge in [-0.05, 0) is 48.3 Å². The zero-order valence-corrected chi connectivity index (χ0v) is 8.69. The van der Waals surface area contributed by atoms with Crippen LogP contribution in [0.4, 0.5) is 0 Å². The number of halogens is 1. The van der Waals surface area contributed by atoms with Crippen LogP contribution in [0.3, 0.4) is 0 Å². The highest BCUT2D eigenvalue weighted by molar-refractivity contribution is 6.23. The Morgan fingerprint density at radius 3 is 2.33 bits per heavy atom. The molecule has 2 bridgehead atoms. The molecule has 1 spiro atoms. The van der Waals surface area contributed by atoms with Crippen molar-refractivity contribution in [3.8, 4) is 0 Å². The second-order valence-electron chi connectivity index (χ2n) is 5.75. The van der Waals surface area contributed by atoms with E-state index in [1.807, 2.05) is 0 Å². The molecule has 0 unspecified atom stereocenters. The van der Waals surface area contributed by atoms with Gasteiger partial charge in [0, 0.05) is 5.38 Å². The fraction of sp³-hybridized carbons (Fsp3) is 1.00. The topological polar surface area (TPSA) is 0 Å². The molecule has 4 aliphatic carbocycles. The van der Waals surface area contributed by atoms with Crippen LogP contribution in [0.25, 0.3) is 0 Å². The van der Waals surface area contributed by atoms with Crippen LogP contribution in [0, 0.1) is 22.7 Å². The lowest BCUT2D eigenvalue weighted by Gasteiger charge is -2.61. The van der Waals surface area contributed by atoms with Crippen molar-refractivity contribution in [2.24, 2.45) is 22.7 Å². The highest BCUT2D eigenvalue weighted by atomic mass is 35.5. The van der Waals surface area contributed by atoms with Gasteiger partial charge in [0.15, 0.2) is 0 Å². The fourth-order valence-electron chi connectivity index (χ4n) is 3.99. The van der Waals surface area contributed by atoms with Crippen LogP contribution < -0.4 is 0 Å². The molecule has 0 amide bonds. The first-order chi connectivity index (χ1) is 5.57. The Hall–Kier alpha value is 0.290. The third-order valence-electron chi connectivity index (χ3n) is 5.15. The predicted molar refractivity (Wildman–Crippen MR) is 51.3 cm³/mol. The van der Waals surface area contributed by atoms with Crippen molar-refractivity contribution < 1.29 is 0 Å². The average molecular weight is 185 g/mol. The van der Waals surface area contributed by atoms with Crippen LogP contribution in [0.1, 0.15) is 39.5 Å². The van der Waals surface area contributed by atoms with Gasteiger partial charge in [0.1, 0.15) is 0 Å². The number of hydrogen-bond donors (Lipinski definition) is 0. The summed E-state index contributed by atoms with van der Waals surface area (Å²) in [7, 11) is 0. The summed E-state index contributed by atoms with van der Waals surface area (Å²) in [6.45, 7) is 4.91. The van der Waals surface area contributed by atoms with E-state index in [0.717, 1.165) is 11.8 Å². The summed E-state index contributed by atoms with van der Waals surface area (Å²) in [5, 5.41) is 0.531. The molecular formula is C11H17Cl. The van der Waals surface area contributed by atoms with Crippen molar-refractivity contribution >= 4 is 11.6 Å². The molecule has 0 N–H and O–H groups in total. The molecule has 4 atom stereocenters. The van der Waals surface area contributed by atoms with E-state index in [1.165, 1.54) is 25.7 Å². The molecule has 4 aliphatic rings. The summed E-state index contributed by atoms with van der Waals surface area (Å²) in [6.07, 6.45) is 5.68. The fourth-order valence-corrected chi connectivity index (χ4v) is 4.54. The smallest absolute Gasteiger partial charge is 0.0401 e. The third-order valence-corrected chi connectivity index (χ3v) is 5.73. The van der Waals surface area contributed by atoms with Gasteiger partial charge in [-0.1, -0.05) is 13.8 Å². The second kappa shape index (κ2) is 1.87. The largest absolute Gasteiger partial charge is 0.122 e. The molecule has 0 heterocycles. The van der Waals surface area contributed by atoms with Crippen molar-refractivity contribution in [1.29, 1.82) is 0 Å². The predicted octanol–water partition coefficient (Wildman–Crippen LogP) is 3.44. The summed E-state index contributed by atoms with van der Waals surface area (Å²) < 4.78 is 0. The van der Waals surface area contributed by atoms with Crippen molar-refractivity contribution in [1.82, 2.24) is 0 Å². The zero-order chi connectivity index (χ0) is 8.56. The van der Waals surface area contributed by atoms with Crippen molar-refractivity contribution in [2.45, 2.75) is 44.9 Å². The van der Waals surface area contributed by atoms with Crippen molar-refractivity contribution in [2.75, 3.05) is 0 Å². The Labute approximate surface area is 79.7 Å². The van der Waals surface area contributed by atoms with Crippen LogP contribution in [0.2, 0.25) is 0 Å². The Kier molecular flexibility index (Phi) is 1.19. The van der Waals surface area contributed by atoms with Crippen LogP contribution in [0.15, 0.2) is 0 Å². The van der Waals surface area contributed by atoms with E-state index in [-0.39, 0.29) is 0 Å². The van der Waals surface area contributed by atoms with Gasteiger partial charge in [0.2, 0.25) is 0 Å². The Morgan fingerprint density at radius 1 is 1.33 bits per heavy atom. The lowest BCUT2D eigenvalue weighted by atomic mass is 9.44. The molecule has 0 saturated heterocycles. The van der Waals surface area contributed by atoms with Gasteiger partial charge in [-0.3, -0.25) is 0 Å². The maximum absolute atomic E-state index is 6.27. The van der Waals surface area contributed by atoms with E-state index in [1.54, 1.807) is 0 Å². The maximum Gasteiger partial charge on any atom is 0.0401 e. The lowest BCUT2D eigenvalue weighted by Crippen LogP contribution is -2.54. The van der Waals surface area contributed by atoms with E-state index < -0.39 is 0 Å². The SMILES string of the molecule is CC1(C)[C@H]2CC[C@@]3(C[C@H]3Cl)[C@@H]1C2. The quantitative estimate of drug-likeness (QED) is 0.506. The Bertz CT molecular complexity index is 231. The van der Waals surface area contributed by atoms with Gasteiger partial charge in [0.25, 0.3) is 0 Å². The van der Waals surface area contributed by atoms with E-state index >= 15 is 0 Å². The monoisotopic (exact) mass is 184 g/mol. The Balaban J connectivity index is 1.92. The van der Waals surface area contributed by atoms with E-state index in [9.17, 15) is 0 Å². The molecule has 1 heteroatoms. The summed E-state index contributed by atoms with van der Waals surface area (Å²) in [5.41, 5.74) is 1.24. The van der Waals surface area contributed by atoms with Crippen LogP contribution in [-0.2, 0) is 0 Å². The van der Waals surface area contributed by atoms with Crippen LogP contribution in [-0.4, -0.2) is 5.38 Å². The standard InChI is InChI=1S/C11H17Cl/c1-10(2)7-3-4-11(6-9(11)12)8(10)5-7/h7-9H,3-6H2,1-2H3/t7-,8+,9+,11+/m0/s1. The van der Waals surface area contributed by atoms with Crippen LogP contribution >= 0.6 is 11.6 Å². The van der Waals surface area contributed by atoms with E-state index in [4.69, 9.17) is 11.6 Å². The molecule has 0 nitrogen and oxygen atoms in total. The maximum atomic E-state index is 6.27. The van der Waals surface area contributed by atoms with Crippen molar-refractivity contribution in [3.63, 3.8) is 0 Å².